The summed E-state index contributed by atoms with van der Waals surface area (Å²) in [7, 11) is -3.94. The molecule has 0 saturated carbocycles. The minimum Gasteiger partial charge on any atom is -0.452 e. The third kappa shape index (κ3) is 5.72. The van der Waals surface area contributed by atoms with Crippen LogP contribution in [0, 0.1) is 0 Å². The average Bonchev–Trinajstić information content (AvgIpc) is 3.24. The highest BCUT2D eigenvalue weighted by atomic mass is 35.5. The lowest BCUT2D eigenvalue weighted by atomic mass is 10.0. The third-order valence-electron chi connectivity index (χ3n) is 5.43. The molecule has 166 valence electrons. The summed E-state index contributed by atoms with van der Waals surface area (Å²) in [6, 6.07) is 3.98. The van der Waals surface area contributed by atoms with Crippen LogP contribution in [0.4, 0.5) is 0 Å². The predicted octanol–water partition coefficient (Wildman–Crippen LogP) is 2.36. The highest BCUT2D eigenvalue weighted by Crippen LogP contribution is 2.24. The van der Waals surface area contributed by atoms with E-state index >= 15 is 0 Å². The Kier molecular flexibility index (Phi) is 7.73. The smallest absolute Gasteiger partial charge is 0.338 e. The van der Waals surface area contributed by atoms with E-state index < -0.39 is 16.0 Å². The minimum absolute atomic E-state index is 0.00962. The Morgan fingerprint density at radius 3 is 2.77 bits per heavy atom. The van der Waals surface area contributed by atoms with Gasteiger partial charge in [0.25, 0.3) is 5.91 Å². The molecule has 1 N–H and O–H groups in total. The average molecular weight is 459 g/mol. The summed E-state index contributed by atoms with van der Waals surface area (Å²) in [4.78, 5) is 26.2. The van der Waals surface area contributed by atoms with Crippen LogP contribution in [0.5, 0.6) is 0 Å². The van der Waals surface area contributed by atoms with E-state index in [0.717, 1.165) is 38.2 Å². The molecule has 2 fully saturated rings. The fraction of sp³-hybridized carbons (Fsp3) is 0.600. The first kappa shape index (κ1) is 23.0. The molecule has 0 spiro atoms. The van der Waals surface area contributed by atoms with Gasteiger partial charge < -0.3 is 14.4 Å². The summed E-state index contributed by atoms with van der Waals surface area (Å²) in [5.41, 5.74) is 0.0105. The van der Waals surface area contributed by atoms with Crippen LogP contribution < -0.4 is 4.72 Å². The van der Waals surface area contributed by atoms with Crippen LogP contribution in [0.1, 0.15) is 49.4 Å². The summed E-state index contributed by atoms with van der Waals surface area (Å²) in [5.74, 6) is -1.03. The molecule has 10 heteroatoms. The number of hydrogen-bond donors (Lipinski definition) is 1. The molecular formula is C20H27ClN2O6S. The molecule has 30 heavy (non-hydrogen) atoms. The third-order valence-corrected chi connectivity index (χ3v) is 7.34. The molecule has 8 nitrogen and oxygen atoms in total. The first-order valence-corrected chi connectivity index (χ1v) is 12.0. The Hall–Kier alpha value is -1.68. The van der Waals surface area contributed by atoms with Crippen molar-refractivity contribution in [3.8, 4) is 0 Å². The molecule has 1 aromatic carbocycles. The normalized spacial score (nSPS) is 22.1. The molecule has 2 unspecified atom stereocenters. The molecular weight excluding hydrogens is 432 g/mol. The fourth-order valence-electron chi connectivity index (χ4n) is 3.68. The Morgan fingerprint density at radius 2 is 2.07 bits per heavy atom. The zero-order valence-electron chi connectivity index (χ0n) is 16.9. The van der Waals surface area contributed by atoms with E-state index in [1.165, 1.54) is 12.1 Å². The lowest BCUT2D eigenvalue weighted by molar-refractivity contribution is -0.137. The molecule has 0 aliphatic carbocycles. The quantitative estimate of drug-likeness (QED) is 0.629. The van der Waals surface area contributed by atoms with E-state index in [-0.39, 0.29) is 46.7 Å². The maximum Gasteiger partial charge on any atom is 0.338 e. The monoisotopic (exact) mass is 458 g/mol. The molecule has 0 radical (unpaired) electrons. The van der Waals surface area contributed by atoms with Crippen LogP contribution in [0.3, 0.4) is 0 Å². The topological polar surface area (TPSA) is 102 Å². The number of halogens is 1. The number of nitrogens with one attached hydrogen (secondary N) is 1. The molecule has 3 rings (SSSR count). The van der Waals surface area contributed by atoms with Gasteiger partial charge in [-0.25, -0.2) is 17.9 Å². The van der Waals surface area contributed by atoms with Gasteiger partial charge in [0, 0.05) is 25.7 Å². The highest BCUT2D eigenvalue weighted by Gasteiger charge is 2.26. The van der Waals surface area contributed by atoms with Gasteiger partial charge in [0.15, 0.2) is 6.61 Å². The summed E-state index contributed by atoms with van der Waals surface area (Å²) in [6.45, 7) is 2.99. The number of piperidine rings is 1. The van der Waals surface area contributed by atoms with Gasteiger partial charge in [0.2, 0.25) is 10.0 Å². The maximum absolute atomic E-state index is 12.6. The van der Waals surface area contributed by atoms with Crippen LogP contribution in [0.15, 0.2) is 23.1 Å². The molecule has 2 aliphatic heterocycles. The summed E-state index contributed by atoms with van der Waals surface area (Å²) in [5, 5.41) is -0.00962. The van der Waals surface area contributed by atoms with E-state index in [1.54, 1.807) is 4.90 Å². The highest BCUT2D eigenvalue weighted by molar-refractivity contribution is 7.89. The maximum atomic E-state index is 12.6. The molecule has 2 atom stereocenters. The minimum atomic E-state index is -3.94. The Bertz CT molecular complexity index is 885. The molecule has 1 aromatic rings. The van der Waals surface area contributed by atoms with Crippen molar-refractivity contribution in [2.45, 2.75) is 56.1 Å². The van der Waals surface area contributed by atoms with E-state index in [0.29, 0.717) is 13.2 Å². The van der Waals surface area contributed by atoms with Gasteiger partial charge in [-0.15, -0.1) is 0 Å². The number of benzene rings is 1. The van der Waals surface area contributed by atoms with Crippen molar-refractivity contribution in [1.29, 1.82) is 0 Å². The van der Waals surface area contributed by atoms with Gasteiger partial charge in [0.1, 0.15) is 4.90 Å². The van der Waals surface area contributed by atoms with Crippen LogP contribution >= 0.6 is 11.6 Å². The first-order valence-electron chi connectivity index (χ1n) is 10.2. The first-order chi connectivity index (χ1) is 14.3. The lowest BCUT2D eigenvalue weighted by Crippen LogP contribution is -2.44. The number of amides is 1. The molecule has 2 aliphatic rings. The van der Waals surface area contributed by atoms with E-state index in [4.69, 9.17) is 21.1 Å². The zero-order valence-corrected chi connectivity index (χ0v) is 18.5. The number of rotatable bonds is 7. The van der Waals surface area contributed by atoms with Crippen molar-refractivity contribution < 1.29 is 27.5 Å². The van der Waals surface area contributed by atoms with Crippen molar-refractivity contribution in [2.24, 2.45) is 0 Å². The second kappa shape index (κ2) is 10.1. The lowest BCUT2D eigenvalue weighted by Gasteiger charge is -2.33. The van der Waals surface area contributed by atoms with Gasteiger partial charge in [-0.2, -0.15) is 0 Å². The Labute approximate surface area is 181 Å². The Morgan fingerprint density at radius 1 is 1.27 bits per heavy atom. The largest absolute Gasteiger partial charge is 0.452 e. The van der Waals surface area contributed by atoms with Gasteiger partial charge in [-0.05, 0) is 57.2 Å². The molecule has 0 aromatic heterocycles. The standard InChI is InChI=1S/C20H27ClN2O6S/c1-14-5-2-3-9-23(14)19(24)13-29-20(25)15-7-8-17(21)18(11-15)30(26,27)22-12-16-6-4-10-28-16/h7-8,11,14,16,22H,2-6,9-10,12-13H2,1H3. The predicted molar refractivity (Wildman–Crippen MR) is 111 cm³/mol. The SMILES string of the molecule is CC1CCCCN1C(=O)COC(=O)c1ccc(Cl)c(S(=O)(=O)NCC2CCCO2)c1. The Balaban J connectivity index is 1.63. The van der Waals surface area contributed by atoms with Gasteiger partial charge in [-0.1, -0.05) is 11.6 Å². The number of hydrogen-bond acceptors (Lipinski definition) is 6. The number of carbonyl (C=O) groups is 2. The molecule has 2 saturated heterocycles. The van der Waals surface area contributed by atoms with Crippen LogP contribution in [-0.4, -0.2) is 63.6 Å². The number of likely N-dealkylation sites (tertiary alicyclic amines) is 1. The van der Waals surface area contributed by atoms with Crippen molar-refractivity contribution in [1.82, 2.24) is 9.62 Å². The van der Waals surface area contributed by atoms with Crippen LogP contribution in [0.2, 0.25) is 5.02 Å². The zero-order chi connectivity index (χ0) is 21.7. The van der Waals surface area contributed by atoms with E-state index in [9.17, 15) is 18.0 Å². The van der Waals surface area contributed by atoms with Gasteiger partial charge >= 0.3 is 5.97 Å². The molecule has 0 bridgehead atoms. The van der Waals surface area contributed by atoms with E-state index in [2.05, 4.69) is 4.72 Å². The summed E-state index contributed by atoms with van der Waals surface area (Å²) >= 11 is 6.06. The number of esters is 1. The van der Waals surface area contributed by atoms with Gasteiger partial charge in [-0.3, -0.25) is 4.79 Å². The summed E-state index contributed by atoms with van der Waals surface area (Å²) < 4.78 is 38.3. The number of ether oxygens (including phenoxy) is 2. The van der Waals surface area contributed by atoms with Gasteiger partial charge in [0.05, 0.1) is 16.7 Å². The van der Waals surface area contributed by atoms with Crippen LogP contribution in [0.25, 0.3) is 0 Å². The van der Waals surface area contributed by atoms with Crippen molar-refractivity contribution >= 4 is 33.5 Å². The molecule has 1 amide bonds. The van der Waals surface area contributed by atoms with Crippen molar-refractivity contribution in [3.63, 3.8) is 0 Å². The second-order valence-electron chi connectivity index (χ2n) is 7.64. The fourth-order valence-corrected chi connectivity index (χ4v) is 5.27. The number of sulfonamides is 1. The van der Waals surface area contributed by atoms with Crippen molar-refractivity contribution in [2.75, 3.05) is 26.3 Å². The number of nitrogens with zero attached hydrogens (tertiary/aromatic N) is 1. The van der Waals surface area contributed by atoms with Crippen molar-refractivity contribution in [3.05, 3.63) is 28.8 Å². The molecule has 2 heterocycles. The summed E-state index contributed by atoms with van der Waals surface area (Å²) in [6.07, 6.45) is 4.44. The second-order valence-corrected chi connectivity index (χ2v) is 9.78. The van der Waals surface area contributed by atoms with E-state index in [1.807, 2.05) is 6.92 Å². The number of carbonyl (C=O) groups excluding carboxylic acids is 2. The van der Waals surface area contributed by atoms with Crippen LogP contribution in [-0.2, 0) is 24.3 Å².